The van der Waals surface area contributed by atoms with Gasteiger partial charge in [-0.3, -0.25) is 4.52 Å². The monoisotopic (exact) mass is 492 g/mol. The van der Waals surface area contributed by atoms with Crippen LogP contribution in [-0.4, -0.2) is 110 Å². The summed E-state index contributed by atoms with van der Waals surface area (Å²) in [5.41, 5.74) is 0. The molecule has 0 saturated heterocycles. The van der Waals surface area contributed by atoms with Gasteiger partial charge in [0.15, 0.2) is 0 Å². The summed E-state index contributed by atoms with van der Waals surface area (Å²) < 4.78 is 25.5. The number of hydrogen-bond acceptors (Lipinski definition) is 10. The minimum atomic E-state index is -5.01. The average Bonchev–Trinajstić information content (AvgIpc) is 2.75. The molecule has 13 heteroatoms. The molecule has 0 bridgehead atoms. The van der Waals surface area contributed by atoms with Gasteiger partial charge in [-0.1, -0.05) is 39.5 Å². The molecule has 0 aliphatic heterocycles. The summed E-state index contributed by atoms with van der Waals surface area (Å²) in [6, 6.07) is 0. The number of phosphoric acid groups is 1. The van der Waals surface area contributed by atoms with E-state index in [1.807, 2.05) is 0 Å². The summed E-state index contributed by atoms with van der Waals surface area (Å²) in [6.45, 7) is 6.43. The number of aliphatic hydroxyl groups is 6. The fraction of sp³-hybridized carbons (Fsp3) is 1.00. The quantitative estimate of drug-likeness (QED) is 0.109. The van der Waals surface area contributed by atoms with Gasteiger partial charge < -0.3 is 49.9 Å². The smallest absolute Gasteiger partial charge is 0.394 e. The zero-order valence-corrected chi connectivity index (χ0v) is 19.7. The molecule has 8 N–H and O–H groups in total. The van der Waals surface area contributed by atoms with Crippen LogP contribution in [0.3, 0.4) is 0 Å². The van der Waals surface area contributed by atoms with Crippen molar-refractivity contribution in [2.75, 3.05) is 26.4 Å². The molecule has 12 nitrogen and oxygen atoms in total. The van der Waals surface area contributed by atoms with Gasteiger partial charge in [0.05, 0.1) is 13.2 Å². The molecule has 0 radical (unpaired) electrons. The van der Waals surface area contributed by atoms with E-state index in [0.29, 0.717) is 6.61 Å². The van der Waals surface area contributed by atoms with Crippen molar-refractivity contribution in [3.05, 3.63) is 0 Å². The predicted molar refractivity (Wildman–Crippen MR) is 114 cm³/mol. The summed E-state index contributed by atoms with van der Waals surface area (Å²) in [5, 5.41) is 55.2. The Labute approximate surface area is 189 Å². The van der Waals surface area contributed by atoms with Gasteiger partial charge >= 0.3 is 7.82 Å². The lowest BCUT2D eigenvalue weighted by molar-refractivity contribution is -0.219. The highest BCUT2D eigenvalue weighted by atomic mass is 31.2. The maximum absolute atomic E-state index is 10.5. The molecule has 0 amide bonds. The van der Waals surface area contributed by atoms with E-state index in [9.17, 15) is 25.0 Å². The highest BCUT2D eigenvalue weighted by Gasteiger charge is 2.50. The van der Waals surface area contributed by atoms with Gasteiger partial charge in [-0.25, -0.2) is 4.57 Å². The van der Waals surface area contributed by atoms with Crippen LogP contribution in [0.2, 0.25) is 0 Å². The van der Waals surface area contributed by atoms with E-state index in [-0.39, 0.29) is 12.7 Å². The lowest BCUT2D eigenvalue weighted by Gasteiger charge is -2.41. The first-order valence-electron chi connectivity index (χ1n) is 10.9. The van der Waals surface area contributed by atoms with Gasteiger partial charge in [-0.05, 0) is 12.8 Å². The minimum Gasteiger partial charge on any atom is -0.394 e. The van der Waals surface area contributed by atoms with Gasteiger partial charge in [0.1, 0.15) is 42.7 Å². The van der Waals surface area contributed by atoms with Crippen LogP contribution < -0.4 is 0 Å². The Bertz CT molecular complexity index is 489. The summed E-state index contributed by atoms with van der Waals surface area (Å²) in [6.07, 6.45) is -4.51. The average molecular weight is 492 g/mol. The van der Waals surface area contributed by atoms with E-state index in [2.05, 4.69) is 18.4 Å². The summed E-state index contributed by atoms with van der Waals surface area (Å²) in [5.74, 6) is 0. The number of hydrogen-bond donors (Lipinski definition) is 8. The number of phosphoric ester groups is 1. The van der Waals surface area contributed by atoms with E-state index in [1.54, 1.807) is 0 Å². The molecular formula is C19H41O12P. The molecule has 0 aromatic carbocycles. The first kappa shape index (κ1) is 31.8. The Kier molecular flexibility index (Phi) is 17.1. The Balaban J connectivity index is 0.000000601. The van der Waals surface area contributed by atoms with Gasteiger partial charge in [-0.2, -0.15) is 0 Å². The van der Waals surface area contributed by atoms with Crippen molar-refractivity contribution in [2.24, 2.45) is 0 Å². The third-order valence-corrected chi connectivity index (χ3v) is 5.35. The van der Waals surface area contributed by atoms with Crippen LogP contribution in [-0.2, 0) is 18.6 Å². The molecule has 0 aromatic heterocycles. The van der Waals surface area contributed by atoms with Crippen molar-refractivity contribution in [3.8, 4) is 0 Å². The predicted octanol–water partition coefficient (Wildman–Crippen LogP) is -0.957. The van der Waals surface area contributed by atoms with Crippen LogP contribution >= 0.6 is 7.82 Å². The SMILES string of the molecule is CCCCCOC[C@H](CO)OCCCCC.O=P(O)(O)OC1[C@H](O)[C@H](O)C(O)[C@H](O)[C@H]1O. The third kappa shape index (κ3) is 12.9. The fourth-order valence-electron chi connectivity index (χ4n) is 2.90. The summed E-state index contributed by atoms with van der Waals surface area (Å²) in [4.78, 5) is 17.0. The van der Waals surface area contributed by atoms with Crippen molar-refractivity contribution >= 4 is 7.82 Å². The summed E-state index contributed by atoms with van der Waals surface area (Å²) in [7, 11) is -5.01. The number of aliphatic hydroxyl groups excluding tert-OH is 6. The second-order valence-corrected chi connectivity index (χ2v) is 8.87. The molecule has 2 unspecified atom stereocenters. The van der Waals surface area contributed by atoms with Crippen molar-refractivity contribution in [3.63, 3.8) is 0 Å². The Morgan fingerprint density at radius 3 is 1.69 bits per heavy atom. The van der Waals surface area contributed by atoms with E-state index < -0.39 is 44.4 Å². The van der Waals surface area contributed by atoms with Crippen molar-refractivity contribution in [2.45, 2.75) is 95.1 Å². The zero-order chi connectivity index (χ0) is 24.7. The van der Waals surface area contributed by atoms with E-state index in [1.165, 1.54) is 25.7 Å². The molecule has 1 aliphatic carbocycles. The van der Waals surface area contributed by atoms with Crippen molar-refractivity contribution in [1.82, 2.24) is 0 Å². The Morgan fingerprint density at radius 2 is 1.25 bits per heavy atom. The zero-order valence-electron chi connectivity index (χ0n) is 18.8. The topological polar surface area (TPSA) is 207 Å². The molecule has 7 atom stereocenters. The Morgan fingerprint density at radius 1 is 0.781 bits per heavy atom. The van der Waals surface area contributed by atoms with Crippen LogP contribution in [0.5, 0.6) is 0 Å². The van der Waals surface area contributed by atoms with Crippen LogP contribution in [0.1, 0.15) is 52.4 Å². The summed E-state index contributed by atoms with van der Waals surface area (Å²) >= 11 is 0. The van der Waals surface area contributed by atoms with Gasteiger partial charge in [0.25, 0.3) is 0 Å². The molecular weight excluding hydrogens is 451 g/mol. The highest BCUT2D eigenvalue weighted by Crippen LogP contribution is 2.41. The molecule has 0 aromatic rings. The normalized spacial score (nSPS) is 29.3. The van der Waals surface area contributed by atoms with Gasteiger partial charge in [-0.15, -0.1) is 0 Å². The van der Waals surface area contributed by atoms with E-state index >= 15 is 0 Å². The van der Waals surface area contributed by atoms with Crippen LogP contribution in [0.15, 0.2) is 0 Å². The van der Waals surface area contributed by atoms with Crippen LogP contribution in [0, 0.1) is 0 Å². The Hall–Kier alpha value is -0.210. The third-order valence-electron chi connectivity index (χ3n) is 4.83. The number of rotatable bonds is 14. The van der Waals surface area contributed by atoms with E-state index in [0.717, 1.165) is 26.1 Å². The maximum Gasteiger partial charge on any atom is 0.470 e. The molecule has 32 heavy (non-hydrogen) atoms. The lowest BCUT2D eigenvalue weighted by Crippen LogP contribution is -2.64. The first-order chi connectivity index (χ1) is 15.0. The van der Waals surface area contributed by atoms with Gasteiger partial charge in [0, 0.05) is 13.2 Å². The molecule has 0 heterocycles. The maximum atomic E-state index is 10.5. The van der Waals surface area contributed by atoms with Crippen LogP contribution in [0.4, 0.5) is 0 Å². The molecule has 1 fully saturated rings. The largest absolute Gasteiger partial charge is 0.470 e. The number of ether oxygens (including phenoxy) is 2. The molecule has 194 valence electrons. The molecule has 1 rings (SSSR count). The highest BCUT2D eigenvalue weighted by molar-refractivity contribution is 7.46. The lowest BCUT2D eigenvalue weighted by atomic mass is 9.85. The fourth-order valence-corrected chi connectivity index (χ4v) is 3.47. The second-order valence-electron chi connectivity index (χ2n) is 7.68. The first-order valence-corrected chi connectivity index (χ1v) is 12.5. The molecule has 1 aliphatic rings. The van der Waals surface area contributed by atoms with Crippen molar-refractivity contribution < 1.29 is 59.0 Å². The standard InChI is InChI=1S/C13H28O3.C6H13O9P/c1-3-5-7-9-15-12-13(11-14)16-10-8-6-4-2;7-1-2(8)4(10)6(5(11)3(1)9)15-16(12,13)14/h13-14H,3-12H2,1-2H3;1-11H,(H2,12,13,14)/t13-;1?,2-,3+,4-,5-,6?/m01/s1. The van der Waals surface area contributed by atoms with Crippen molar-refractivity contribution in [1.29, 1.82) is 0 Å². The van der Waals surface area contributed by atoms with E-state index in [4.69, 9.17) is 29.5 Å². The number of unbranched alkanes of at least 4 members (excludes halogenated alkanes) is 4. The molecule has 1 saturated carbocycles. The van der Waals surface area contributed by atoms with Crippen LogP contribution in [0.25, 0.3) is 0 Å². The van der Waals surface area contributed by atoms with Gasteiger partial charge in [0.2, 0.25) is 0 Å². The minimum absolute atomic E-state index is 0.0555. The second kappa shape index (κ2) is 17.3. The molecule has 0 spiro atoms.